The molecule has 0 aliphatic carbocycles. The Balaban J connectivity index is 1.72. The number of rotatable bonds is 3. The van der Waals surface area contributed by atoms with Crippen molar-refractivity contribution < 1.29 is 9.90 Å². The molecular formula is C14H17N3O3S. The number of carbonyl (C=O) groups is 1. The molecule has 0 unspecified atom stereocenters. The summed E-state index contributed by atoms with van der Waals surface area (Å²) >= 11 is 1.44. The average Bonchev–Trinajstić information content (AvgIpc) is 2.90. The normalized spacial score (nSPS) is 18.9. The highest BCUT2D eigenvalue weighted by molar-refractivity contribution is 7.15. The monoisotopic (exact) mass is 307 g/mol. The van der Waals surface area contributed by atoms with Crippen LogP contribution < -0.4 is 5.56 Å². The van der Waals surface area contributed by atoms with E-state index in [-0.39, 0.29) is 5.56 Å². The average molecular weight is 307 g/mol. The Morgan fingerprint density at radius 3 is 2.86 bits per heavy atom. The van der Waals surface area contributed by atoms with Crippen LogP contribution in [0.2, 0.25) is 0 Å². The number of carboxylic acid groups (broad SMARTS) is 1. The smallest absolute Gasteiger partial charge is 0.309 e. The van der Waals surface area contributed by atoms with Gasteiger partial charge < -0.3 is 5.11 Å². The van der Waals surface area contributed by atoms with E-state index in [1.54, 1.807) is 19.2 Å². The number of thiazole rings is 1. The number of aromatic nitrogens is 2. The quantitative estimate of drug-likeness (QED) is 0.929. The topological polar surface area (TPSA) is 74.9 Å². The van der Waals surface area contributed by atoms with Gasteiger partial charge in [0.25, 0.3) is 5.56 Å². The van der Waals surface area contributed by atoms with E-state index < -0.39 is 11.4 Å². The van der Waals surface area contributed by atoms with Gasteiger partial charge in [0.05, 0.1) is 11.1 Å². The van der Waals surface area contributed by atoms with E-state index in [1.165, 1.54) is 15.7 Å². The highest BCUT2D eigenvalue weighted by atomic mass is 32.1. The number of hydrogen-bond donors (Lipinski definition) is 1. The summed E-state index contributed by atoms with van der Waals surface area (Å²) in [5.41, 5.74) is 0.0614. The van der Waals surface area contributed by atoms with E-state index in [1.807, 2.05) is 5.38 Å². The molecule has 21 heavy (non-hydrogen) atoms. The minimum absolute atomic E-state index is 0.0661. The summed E-state index contributed by atoms with van der Waals surface area (Å²) in [5.74, 6) is -0.724. The number of piperidine rings is 1. The van der Waals surface area contributed by atoms with Gasteiger partial charge in [0.15, 0.2) is 4.96 Å². The van der Waals surface area contributed by atoms with Gasteiger partial charge in [-0.3, -0.25) is 18.9 Å². The first kappa shape index (κ1) is 14.2. The molecule has 1 fully saturated rings. The maximum atomic E-state index is 11.9. The molecule has 0 bridgehead atoms. The number of carboxylic acids is 1. The molecule has 3 rings (SSSR count). The molecular weight excluding hydrogens is 290 g/mol. The lowest BCUT2D eigenvalue weighted by molar-refractivity contribution is -0.150. The summed E-state index contributed by atoms with van der Waals surface area (Å²) in [6.07, 6.45) is 2.98. The van der Waals surface area contributed by atoms with E-state index in [2.05, 4.69) is 9.88 Å². The summed E-state index contributed by atoms with van der Waals surface area (Å²) in [5, 5.41) is 11.1. The fourth-order valence-electron chi connectivity index (χ4n) is 2.62. The molecule has 1 saturated heterocycles. The van der Waals surface area contributed by atoms with E-state index in [9.17, 15) is 14.7 Å². The van der Waals surface area contributed by atoms with Crippen molar-refractivity contribution in [2.75, 3.05) is 13.1 Å². The highest BCUT2D eigenvalue weighted by Gasteiger charge is 2.36. The van der Waals surface area contributed by atoms with Crippen LogP contribution in [0.1, 0.15) is 25.5 Å². The van der Waals surface area contributed by atoms with Crippen LogP contribution in [-0.4, -0.2) is 38.4 Å². The predicted molar refractivity (Wildman–Crippen MR) is 79.6 cm³/mol. The second kappa shape index (κ2) is 5.23. The Bertz CT molecular complexity index is 728. The number of fused-ring (bicyclic) bond motifs is 1. The van der Waals surface area contributed by atoms with Crippen molar-refractivity contribution in [2.45, 2.75) is 26.3 Å². The maximum Gasteiger partial charge on any atom is 0.309 e. The molecule has 1 aliphatic heterocycles. The van der Waals surface area contributed by atoms with E-state index in [0.29, 0.717) is 37.4 Å². The van der Waals surface area contributed by atoms with Crippen LogP contribution in [0, 0.1) is 5.41 Å². The first-order valence-electron chi connectivity index (χ1n) is 6.89. The minimum atomic E-state index is -0.724. The molecule has 112 valence electrons. The molecule has 7 heteroatoms. The lowest BCUT2D eigenvalue weighted by Gasteiger charge is -2.36. The number of aliphatic carboxylic acids is 1. The third-order valence-electron chi connectivity index (χ3n) is 4.22. The van der Waals surface area contributed by atoms with Gasteiger partial charge in [-0.1, -0.05) is 0 Å². The van der Waals surface area contributed by atoms with Gasteiger partial charge in [0.1, 0.15) is 0 Å². The molecule has 0 aromatic carbocycles. The molecule has 1 N–H and O–H groups in total. The Morgan fingerprint density at radius 2 is 2.19 bits per heavy atom. The summed E-state index contributed by atoms with van der Waals surface area (Å²) < 4.78 is 1.53. The molecule has 3 heterocycles. The van der Waals surface area contributed by atoms with Gasteiger partial charge in [-0.05, 0) is 32.9 Å². The summed E-state index contributed by atoms with van der Waals surface area (Å²) in [7, 11) is 0. The summed E-state index contributed by atoms with van der Waals surface area (Å²) in [6, 6.07) is 1.56. The molecule has 2 aromatic heterocycles. The molecule has 0 saturated carbocycles. The zero-order chi connectivity index (χ0) is 15.0. The van der Waals surface area contributed by atoms with Gasteiger partial charge in [-0.2, -0.15) is 0 Å². The SMILES string of the molecule is CC1(C(=O)O)CCN(Cc2cc(=O)n3ccsc3n2)CC1. The highest BCUT2D eigenvalue weighted by Crippen LogP contribution is 2.31. The molecule has 2 aromatic rings. The van der Waals surface area contributed by atoms with Crippen LogP contribution in [0.25, 0.3) is 4.96 Å². The second-order valence-electron chi connectivity index (χ2n) is 5.78. The zero-order valence-corrected chi connectivity index (χ0v) is 12.6. The largest absolute Gasteiger partial charge is 0.481 e. The zero-order valence-electron chi connectivity index (χ0n) is 11.8. The van der Waals surface area contributed by atoms with Crippen molar-refractivity contribution in [2.24, 2.45) is 5.41 Å². The van der Waals surface area contributed by atoms with Crippen LogP contribution in [0.5, 0.6) is 0 Å². The van der Waals surface area contributed by atoms with Crippen LogP contribution in [-0.2, 0) is 11.3 Å². The van der Waals surface area contributed by atoms with Gasteiger partial charge in [0, 0.05) is 24.2 Å². The molecule has 0 radical (unpaired) electrons. The minimum Gasteiger partial charge on any atom is -0.481 e. The van der Waals surface area contributed by atoms with Crippen LogP contribution in [0.3, 0.4) is 0 Å². The summed E-state index contributed by atoms with van der Waals surface area (Å²) in [4.78, 5) is 30.5. The van der Waals surface area contributed by atoms with Crippen molar-refractivity contribution in [3.63, 3.8) is 0 Å². The molecule has 1 aliphatic rings. The van der Waals surface area contributed by atoms with E-state index in [4.69, 9.17) is 0 Å². The Morgan fingerprint density at radius 1 is 1.48 bits per heavy atom. The lowest BCUT2D eigenvalue weighted by atomic mass is 9.80. The molecule has 0 spiro atoms. The van der Waals surface area contributed by atoms with E-state index in [0.717, 1.165) is 5.69 Å². The maximum absolute atomic E-state index is 11.9. The van der Waals surface area contributed by atoms with Gasteiger partial charge in [-0.15, -0.1) is 11.3 Å². The van der Waals surface area contributed by atoms with Crippen molar-refractivity contribution in [3.8, 4) is 0 Å². The molecule has 0 amide bonds. The van der Waals surface area contributed by atoms with Gasteiger partial charge >= 0.3 is 5.97 Å². The van der Waals surface area contributed by atoms with Crippen LogP contribution >= 0.6 is 11.3 Å². The number of hydrogen-bond acceptors (Lipinski definition) is 5. The van der Waals surface area contributed by atoms with Crippen molar-refractivity contribution >= 4 is 22.3 Å². The van der Waals surface area contributed by atoms with Crippen LogP contribution in [0.15, 0.2) is 22.4 Å². The van der Waals surface area contributed by atoms with Crippen molar-refractivity contribution in [1.82, 2.24) is 14.3 Å². The first-order chi connectivity index (χ1) is 9.98. The van der Waals surface area contributed by atoms with Crippen molar-refractivity contribution in [3.05, 3.63) is 33.7 Å². The number of likely N-dealkylation sites (tertiary alicyclic amines) is 1. The number of nitrogens with zero attached hydrogens (tertiary/aromatic N) is 3. The molecule has 6 nitrogen and oxygen atoms in total. The van der Waals surface area contributed by atoms with Gasteiger partial charge in [-0.25, -0.2) is 4.98 Å². The van der Waals surface area contributed by atoms with Crippen molar-refractivity contribution in [1.29, 1.82) is 0 Å². The van der Waals surface area contributed by atoms with Crippen LogP contribution in [0.4, 0.5) is 0 Å². The fraction of sp³-hybridized carbons (Fsp3) is 0.500. The second-order valence-corrected chi connectivity index (χ2v) is 6.66. The Hall–Kier alpha value is -1.73. The standard InChI is InChI=1S/C14H17N3O3S/c1-14(12(19)20)2-4-16(5-3-14)9-10-8-11(18)17-6-7-21-13(17)15-10/h6-8H,2-5,9H2,1H3,(H,19,20). The molecule has 0 atom stereocenters. The fourth-order valence-corrected chi connectivity index (χ4v) is 3.36. The van der Waals surface area contributed by atoms with Gasteiger partial charge in [0.2, 0.25) is 0 Å². The van der Waals surface area contributed by atoms with E-state index >= 15 is 0 Å². The first-order valence-corrected chi connectivity index (χ1v) is 7.77. The lowest BCUT2D eigenvalue weighted by Crippen LogP contribution is -2.42. The predicted octanol–water partition coefficient (Wildman–Crippen LogP) is 1.44. The summed E-state index contributed by atoms with van der Waals surface area (Å²) in [6.45, 7) is 3.83. The third-order valence-corrected chi connectivity index (χ3v) is 4.97. The Labute approximate surface area is 125 Å². The third kappa shape index (κ3) is 2.71. The Kier molecular flexibility index (Phi) is 3.54.